The third-order valence-corrected chi connectivity index (χ3v) is 5.91. The summed E-state index contributed by atoms with van der Waals surface area (Å²) in [5.74, 6) is -0.322. The average molecular weight is 355 g/mol. The Bertz CT molecular complexity index is 761. The third-order valence-electron chi connectivity index (χ3n) is 2.83. The molecule has 2 rings (SSSR count). The van der Waals surface area contributed by atoms with Gasteiger partial charge in [0.1, 0.15) is 12.0 Å². The van der Waals surface area contributed by atoms with Crippen molar-refractivity contribution in [2.45, 2.75) is 13.5 Å². The predicted molar refractivity (Wildman–Crippen MR) is 92.8 cm³/mol. The van der Waals surface area contributed by atoms with Crippen molar-refractivity contribution in [3.05, 3.63) is 60.2 Å². The fraction of sp³-hybridized carbons (Fsp3) is 0.200. The van der Waals surface area contributed by atoms with Crippen LogP contribution < -0.4 is 10.8 Å². The van der Waals surface area contributed by atoms with Crippen LogP contribution in [0.5, 0.6) is 0 Å². The maximum absolute atomic E-state index is 11.7. The van der Waals surface area contributed by atoms with Crippen LogP contribution in [-0.4, -0.2) is 17.1 Å². The predicted octanol–water partition coefficient (Wildman–Crippen LogP) is 2.83. The fourth-order valence-corrected chi connectivity index (χ4v) is 4.13. The van der Waals surface area contributed by atoms with Crippen molar-refractivity contribution in [2.75, 3.05) is 6.61 Å². The molecule has 22 heavy (non-hydrogen) atoms. The molecular weight excluding hydrogens is 339 g/mol. The van der Waals surface area contributed by atoms with Crippen molar-refractivity contribution in [3.63, 3.8) is 0 Å². The van der Waals surface area contributed by atoms with Crippen LogP contribution in [0.4, 0.5) is 0 Å². The summed E-state index contributed by atoms with van der Waals surface area (Å²) in [5, 5.41) is 0.818. The number of hydrogen-bond acceptors (Lipinski definition) is 3. The van der Waals surface area contributed by atoms with E-state index in [2.05, 4.69) is 4.76 Å². The van der Waals surface area contributed by atoms with E-state index in [-0.39, 0.29) is 12.5 Å². The number of halogens is 1. The first kappa shape index (κ1) is 16.9. The van der Waals surface area contributed by atoms with Crippen LogP contribution in [-0.2, 0) is 27.9 Å². The SMILES string of the molecule is CCOC(=O)Cn1cccc/c1=N\P(=S)(Cl)c1ccccc1. The highest BCUT2D eigenvalue weighted by Crippen LogP contribution is 2.51. The molecule has 2 aromatic rings. The molecule has 0 aliphatic rings. The van der Waals surface area contributed by atoms with Crippen LogP contribution in [0.15, 0.2) is 59.5 Å². The summed E-state index contributed by atoms with van der Waals surface area (Å²) >= 11 is 12.0. The number of esters is 1. The van der Waals surface area contributed by atoms with E-state index in [1.54, 1.807) is 23.8 Å². The molecule has 0 saturated heterocycles. The molecule has 0 amide bonds. The lowest BCUT2D eigenvalue weighted by Crippen LogP contribution is -2.25. The molecule has 7 heteroatoms. The van der Waals surface area contributed by atoms with E-state index in [4.69, 9.17) is 27.8 Å². The van der Waals surface area contributed by atoms with E-state index < -0.39 is 5.54 Å². The molecular formula is C15H16ClN2O2PS. The van der Waals surface area contributed by atoms with Gasteiger partial charge in [-0.15, -0.1) is 0 Å². The molecule has 1 heterocycles. The summed E-state index contributed by atoms with van der Waals surface area (Å²) in [6.07, 6.45) is 1.76. The minimum atomic E-state index is -2.59. The monoisotopic (exact) mass is 354 g/mol. The Labute approximate surface area is 139 Å². The topological polar surface area (TPSA) is 43.6 Å². The Morgan fingerprint density at radius 3 is 2.64 bits per heavy atom. The minimum Gasteiger partial charge on any atom is -0.465 e. The van der Waals surface area contributed by atoms with Gasteiger partial charge in [-0.05, 0) is 19.1 Å². The molecule has 1 aromatic heterocycles. The van der Waals surface area contributed by atoms with E-state index in [1.807, 2.05) is 42.5 Å². The van der Waals surface area contributed by atoms with Gasteiger partial charge in [-0.1, -0.05) is 59.4 Å². The Morgan fingerprint density at radius 2 is 1.95 bits per heavy atom. The van der Waals surface area contributed by atoms with E-state index >= 15 is 0 Å². The molecule has 0 spiro atoms. The van der Waals surface area contributed by atoms with Gasteiger partial charge in [0.05, 0.1) is 6.61 Å². The second-order valence-electron chi connectivity index (χ2n) is 4.43. The molecule has 0 aliphatic carbocycles. The summed E-state index contributed by atoms with van der Waals surface area (Å²) in [6, 6.07) is 14.8. The number of carbonyl (C=O) groups is 1. The molecule has 4 nitrogen and oxygen atoms in total. The molecule has 1 aromatic carbocycles. The molecule has 1 unspecified atom stereocenters. The lowest BCUT2D eigenvalue weighted by atomic mass is 10.4. The standard InChI is InChI=1S/C15H16ClN2O2PS/c1-2-20-15(19)12-18-11-7-6-10-14(18)17-21(16,22)13-8-4-3-5-9-13/h3-11H,2,12H2,1H3/b17-14+. The second kappa shape index (κ2) is 7.73. The molecule has 116 valence electrons. The molecule has 0 radical (unpaired) electrons. The molecule has 1 atom stereocenters. The van der Waals surface area contributed by atoms with Gasteiger partial charge >= 0.3 is 5.97 Å². The highest BCUT2D eigenvalue weighted by atomic mass is 35.7. The normalized spacial score (nSPS) is 14.4. The lowest BCUT2D eigenvalue weighted by Gasteiger charge is -2.11. The average Bonchev–Trinajstić information content (AvgIpc) is 2.50. The van der Waals surface area contributed by atoms with Gasteiger partial charge in [-0.3, -0.25) is 4.79 Å². The van der Waals surface area contributed by atoms with E-state index in [0.29, 0.717) is 12.1 Å². The number of aromatic nitrogens is 1. The molecule has 0 aliphatic heterocycles. The van der Waals surface area contributed by atoms with Gasteiger partial charge in [0.15, 0.2) is 5.54 Å². The molecule has 0 fully saturated rings. The first-order chi connectivity index (χ1) is 10.5. The smallest absolute Gasteiger partial charge is 0.325 e. The maximum Gasteiger partial charge on any atom is 0.325 e. The van der Waals surface area contributed by atoms with Crippen molar-refractivity contribution < 1.29 is 9.53 Å². The zero-order valence-electron chi connectivity index (χ0n) is 12.1. The third kappa shape index (κ3) is 4.54. The summed E-state index contributed by atoms with van der Waals surface area (Å²) in [7, 11) is 0. The second-order valence-corrected chi connectivity index (χ2v) is 9.80. The van der Waals surface area contributed by atoms with Gasteiger partial charge in [0, 0.05) is 11.5 Å². The van der Waals surface area contributed by atoms with Crippen LogP contribution in [0.1, 0.15) is 6.92 Å². The van der Waals surface area contributed by atoms with Crippen molar-refractivity contribution in [3.8, 4) is 0 Å². The van der Waals surface area contributed by atoms with Crippen LogP contribution in [0.25, 0.3) is 0 Å². The van der Waals surface area contributed by atoms with Crippen LogP contribution in [0, 0.1) is 0 Å². The fourth-order valence-electron chi connectivity index (χ4n) is 1.84. The number of rotatable bonds is 5. The Hall–Kier alpha value is -1.42. The van der Waals surface area contributed by atoms with Crippen molar-refractivity contribution in [1.29, 1.82) is 0 Å². The highest BCUT2D eigenvalue weighted by molar-refractivity contribution is 8.29. The number of hydrogen-bond donors (Lipinski definition) is 0. The van der Waals surface area contributed by atoms with Gasteiger partial charge in [-0.2, -0.15) is 0 Å². The van der Waals surface area contributed by atoms with Gasteiger partial charge in [0.25, 0.3) is 0 Å². The molecule has 0 N–H and O–H groups in total. The number of ether oxygens (including phenoxy) is 1. The number of benzene rings is 1. The van der Waals surface area contributed by atoms with Crippen molar-refractivity contribution in [2.24, 2.45) is 4.76 Å². The van der Waals surface area contributed by atoms with Gasteiger partial charge < -0.3 is 9.30 Å². The summed E-state index contributed by atoms with van der Waals surface area (Å²) in [5.41, 5.74) is -2.03. The van der Waals surface area contributed by atoms with Crippen LogP contribution in [0.3, 0.4) is 0 Å². The van der Waals surface area contributed by atoms with Gasteiger partial charge in [0.2, 0.25) is 0 Å². The Kier molecular flexibility index (Phi) is 5.95. The Balaban J connectivity index is 2.40. The number of pyridine rings is 1. The van der Waals surface area contributed by atoms with E-state index in [1.165, 1.54) is 0 Å². The summed E-state index contributed by atoms with van der Waals surface area (Å²) < 4.78 is 11.2. The Morgan fingerprint density at radius 1 is 1.27 bits per heavy atom. The summed E-state index contributed by atoms with van der Waals surface area (Å²) in [4.78, 5) is 11.7. The minimum absolute atomic E-state index is 0.0779. The maximum atomic E-state index is 11.7. The van der Waals surface area contributed by atoms with Crippen molar-refractivity contribution in [1.82, 2.24) is 4.57 Å². The zero-order chi connectivity index (χ0) is 16.0. The number of carbonyl (C=O) groups excluding carboxylic acids is 1. The van der Waals surface area contributed by atoms with Crippen molar-refractivity contribution >= 4 is 39.9 Å². The zero-order valence-corrected chi connectivity index (χ0v) is 14.5. The first-order valence-corrected chi connectivity index (χ1v) is 10.4. The molecule has 0 bridgehead atoms. The van der Waals surface area contributed by atoms with Crippen LogP contribution >= 0.6 is 16.8 Å². The largest absolute Gasteiger partial charge is 0.465 e. The van der Waals surface area contributed by atoms with E-state index in [9.17, 15) is 4.79 Å². The first-order valence-electron chi connectivity index (χ1n) is 6.75. The summed E-state index contributed by atoms with van der Waals surface area (Å²) in [6.45, 7) is 2.19. The van der Waals surface area contributed by atoms with Gasteiger partial charge in [-0.25, -0.2) is 4.76 Å². The van der Waals surface area contributed by atoms with E-state index in [0.717, 1.165) is 5.30 Å². The lowest BCUT2D eigenvalue weighted by molar-refractivity contribution is -0.143. The number of nitrogens with zero attached hydrogens (tertiary/aromatic N) is 2. The quantitative estimate of drug-likeness (QED) is 0.612. The highest BCUT2D eigenvalue weighted by Gasteiger charge is 2.14. The molecule has 0 saturated carbocycles. The van der Waals surface area contributed by atoms with Crippen LogP contribution in [0.2, 0.25) is 0 Å².